The van der Waals surface area contributed by atoms with E-state index >= 15 is 0 Å². The maximum Gasteiger partial charge on any atom is 0.254 e. The smallest absolute Gasteiger partial charge is 0.254 e. The topological polar surface area (TPSA) is 52.7 Å². The van der Waals surface area contributed by atoms with Crippen LogP contribution >= 0.6 is 0 Å². The summed E-state index contributed by atoms with van der Waals surface area (Å²) in [5, 5.41) is 3.63. The number of amides is 2. The molecule has 2 heterocycles. The third-order valence-corrected chi connectivity index (χ3v) is 7.54. The predicted octanol–water partition coefficient (Wildman–Crippen LogP) is 5.34. The Bertz CT molecular complexity index is 1110. The molecule has 1 N–H and O–H groups in total. The molecule has 1 unspecified atom stereocenters. The van der Waals surface area contributed by atoms with Crippen LogP contribution in [0, 0.1) is 11.8 Å². The maximum atomic E-state index is 14.1. The molecular formula is C28H33N3O2. The zero-order valence-corrected chi connectivity index (χ0v) is 20.0. The Labute approximate surface area is 196 Å². The fourth-order valence-electron chi connectivity index (χ4n) is 5.44. The van der Waals surface area contributed by atoms with Gasteiger partial charge in [-0.3, -0.25) is 9.59 Å². The van der Waals surface area contributed by atoms with Crippen LogP contribution in [-0.4, -0.2) is 28.3 Å². The summed E-state index contributed by atoms with van der Waals surface area (Å²) in [6.07, 6.45) is 2.96. The molecule has 1 saturated carbocycles. The molecule has 2 aromatic rings. The Balaban J connectivity index is 1.64. The highest BCUT2D eigenvalue weighted by Gasteiger charge is 2.52. The van der Waals surface area contributed by atoms with Crippen LogP contribution in [-0.2, 0) is 16.1 Å². The monoisotopic (exact) mass is 443 g/mol. The van der Waals surface area contributed by atoms with Gasteiger partial charge in [0.05, 0.1) is 34.2 Å². The number of fused-ring (bicyclic) bond motifs is 1. The van der Waals surface area contributed by atoms with Gasteiger partial charge in [-0.05, 0) is 50.3 Å². The lowest BCUT2D eigenvalue weighted by Gasteiger charge is -2.39. The molecule has 5 heteroatoms. The summed E-state index contributed by atoms with van der Waals surface area (Å²) in [4.78, 5) is 31.8. The Morgan fingerprint density at radius 2 is 1.73 bits per heavy atom. The van der Waals surface area contributed by atoms with E-state index in [1.54, 1.807) is 0 Å². The molecule has 33 heavy (non-hydrogen) atoms. The second-order valence-corrected chi connectivity index (χ2v) is 10.4. The number of nitrogens with zero attached hydrogens (tertiary/aromatic N) is 2. The SMILES string of the molecule is CC(C)C1C2=C(Nc3ccccc3N1C(=O)C1CCC1)C(C)(C)N(Cc1ccccc1)C2=O. The lowest BCUT2D eigenvalue weighted by Crippen LogP contribution is -2.50. The van der Waals surface area contributed by atoms with Gasteiger partial charge in [0.1, 0.15) is 0 Å². The molecule has 1 atom stereocenters. The summed E-state index contributed by atoms with van der Waals surface area (Å²) >= 11 is 0. The normalized spacial score (nSPS) is 22.0. The highest BCUT2D eigenvalue weighted by atomic mass is 16.2. The van der Waals surface area contributed by atoms with Gasteiger partial charge < -0.3 is 15.1 Å². The number of benzene rings is 2. The van der Waals surface area contributed by atoms with Gasteiger partial charge in [-0.25, -0.2) is 0 Å². The van der Waals surface area contributed by atoms with E-state index in [4.69, 9.17) is 0 Å². The molecular weight excluding hydrogens is 410 g/mol. The van der Waals surface area contributed by atoms with Crippen molar-refractivity contribution in [2.75, 3.05) is 10.2 Å². The molecule has 0 bridgehead atoms. The molecule has 0 aromatic heterocycles. The van der Waals surface area contributed by atoms with Crippen molar-refractivity contribution in [3.63, 3.8) is 0 Å². The van der Waals surface area contributed by atoms with E-state index in [0.29, 0.717) is 6.54 Å². The molecule has 172 valence electrons. The largest absolute Gasteiger partial charge is 0.355 e. The minimum Gasteiger partial charge on any atom is -0.355 e. The van der Waals surface area contributed by atoms with Crippen molar-refractivity contribution in [2.24, 2.45) is 11.8 Å². The van der Waals surface area contributed by atoms with Crippen molar-refractivity contribution in [3.8, 4) is 0 Å². The number of carbonyl (C=O) groups excluding carboxylic acids is 2. The third-order valence-electron chi connectivity index (χ3n) is 7.54. The summed E-state index contributed by atoms with van der Waals surface area (Å²) < 4.78 is 0. The Hall–Kier alpha value is -3.08. The van der Waals surface area contributed by atoms with E-state index in [-0.39, 0.29) is 29.7 Å². The first kappa shape index (κ1) is 21.7. The van der Waals surface area contributed by atoms with Crippen LogP contribution in [0.2, 0.25) is 0 Å². The summed E-state index contributed by atoms with van der Waals surface area (Å²) in [6, 6.07) is 17.8. The Morgan fingerprint density at radius 3 is 2.36 bits per heavy atom. The van der Waals surface area contributed by atoms with Crippen LogP contribution in [0.25, 0.3) is 0 Å². The minimum absolute atomic E-state index is 0.0178. The van der Waals surface area contributed by atoms with Crippen LogP contribution < -0.4 is 10.2 Å². The van der Waals surface area contributed by atoms with Crippen LogP contribution in [0.4, 0.5) is 11.4 Å². The molecule has 0 radical (unpaired) electrons. The van der Waals surface area contributed by atoms with E-state index in [1.165, 1.54) is 0 Å². The van der Waals surface area contributed by atoms with Crippen LogP contribution in [0.1, 0.15) is 52.5 Å². The lowest BCUT2D eigenvalue weighted by atomic mass is 9.82. The molecule has 5 rings (SSSR count). The average Bonchev–Trinajstić information content (AvgIpc) is 2.88. The van der Waals surface area contributed by atoms with Gasteiger partial charge in [0.15, 0.2) is 0 Å². The highest BCUT2D eigenvalue weighted by Crippen LogP contribution is 2.47. The molecule has 3 aliphatic rings. The first-order valence-electron chi connectivity index (χ1n) is 12.1. The van der Waals surface area contributed by atoms with Crippen LogP contribution in [0.15, 0.2) is 65.9 Å². The zero-order valence-electron chi connectivity index (χ0n) is 20.0. The highest BCUT2D eigenvalue weighted by molar-refractivity contribution is 6.07. The van der Waals surface area contributed by atoms with Gasteiger partial charge in [0, 0.05) is 12.5 Å². The predicted molar refractivity (Wildman–Crippen MR) is 132 cm³/mol. The Morgan fingerprint density at radius 1 is 1.06 bits per heavy atom. The van der Waals surface area contributed by atoms with Crippen LogP contribution in [0.3, 0.4) is 0 Å². The van der Waals surface area contributed by atoms with Crippen molar-refractivity contribution < 1.29 is 9.59 Å². The number of hydrogen-bond donors (Lipinski definition) is 1. The number of carbonyl (C=O) groups is 2. The lowest BCUT2D eigenvalue weighted by molar-refractivity contribution is -0.130. The summed E-state index contributed by atoms with van der Waals surface area (Å²) in [5.74, 6) is 0.300. The first-order chi connectivity index (χ1) is 15.8. The number of rotatable bonds is 4. The fraction of sp³-hybridized carbons (Fsp3) is 0.429. The number of anilines is 2. The van der Waals surface area contributed by atoms with Gasteiger partial charge >= 0.3 is 0 Å². The van der Waals surface area contributed by atoms with E-state index in [2.05, 4.69) is 45.1 Å². The molecule has 1 aliphatic carbocycles. The maximum absolute atomic E-state index is 14.1. The van der Waals surface area contributed by atoms with E-state index in [1.807, 2.05) is 52.3 Å². The van der Waals surface area contributed by atoms with E-state index < -0.39 is 5.54 Å². The number of para-hydroxylation sites is 2. The minimum atomic E-state index is -0.530. The average molecular weight is 444 g/mol. The van der Waals surface area contributed by atoms with E-state index in [0.717, 1.165) is 47.5 Å². The van der Waals surface area contributed by atoms with Crippen molar-refractivity contribution in [1.82, 2.24) is 4.90 Å². The van der Waals surface area contributed by atoms with Gasteiger partial charge in [0.2, 0.25) is 5.91 Å². The summed E-state index contributed by atoms with van der Waals surface area (Å²) in [7, 11) is 0. The van der Waals surface area contributed by atoms with Gasteiger partial charge in [-0.2, -0.15) is 0 Å². The molecule has 0 spiro atoms. The second kappa shape index (κ2) is 8.05. The quantitative estimate of drug-likeness (QED) is 0.694. The van der Waals surface area contributed by atoms with Crippen LogP contribution in [0.5, 0.6) is 0 Å². The summed E-state index contributed by atoms with van der Waals surface area (Å²) in [5.41, 5.74) is 3.98. The van der Waals surface area contributed by atoms with Crippen molar-refractivity contribution in [2.45, 2.75) is 65.1 Å². The summed E-state index contributed by atoms with van der Waals surface area (Å²) in [6.45, 7) is 8.97. The zero-order chi connectivity index (χ0) is 23.3. The molecule has 0 saturated heterocycles. The van der Waals surface area contributed by atoms with Crippen molar-refractivity contribution in [1.29, 1.82) is 0 Å². The number of nitrogens with one attached hydrogen (secondary N) is 1. The third kappa shape index (κ3) is 3.45. The van der Waals surface area contributed by atoms with Gasteiger partial charge in [-0.15, -0.1) is 0 Å². The molecule has 2 aromatic carbocycles. The standard InChI is InChI=1S/C28H33N3O2/c1-18(2)24-23-25(28(3,4)30(27(23)33)17-19-11-6-5-7-12-19)29-21-15-8-9-16-22(21)31(24)26(32)20-13-10-14-20/h5-9,11-12,15-16,18,20,24,29H,10,13-14,17H2,1-4H3. The van der Waals surface area contributed by atoms with Crippen molar-refractivity contribution in [3.05, 3.63) is 71.4 Å². The fourth-order valence-corrected chi connectivity index (χ4v) is 5.44. The molecule has 1 fully saturated rings. The van der Waals surface area contributed by atoms with Gasteiger partial charge in [0.25, 0.3) is 5.91 Å². The first-order valence-corrected chi connectivity index (χ1v) is 12.1. The second-order valence-electron chi connectivity index (χ2n) is 10.4. The van der Waals surface area contributed by atoms with Gasteiger partial charge in [-0.1, -0.05) is 62.7 Å². The number of hydrogen-bond acceptors (Lipinski definition) is 3. The molecule has 5 nitrogen and oxygen atoms in total. The molecule has 2 aliphatic heterocycles. The molecule has 2 amide bonds. The van der Waals surface area contributed by atoms with Crippen molar-refractivity contribution >= 4 is 23.2 Å². The van der Waals surface area contributed by atoms with E-state index in [9.17, 15) is 9.59 Å². The Kier molecular flexibility index (Phi) is 5.31.